The SMILES string of the molecule is Cn1cc(-c2cncc(CNC(=O)C3CCCCC3)c2)cn1. The molecule has 0 atom stereocenters. The highest BCUT2D eigenvalue weighted by molar-refractivity contribution is 5.78. The number of rotatable bonds is 4. The Morgan fingerprint density at radius 3 is 2.77 bits per heavy atom. The lowest BCUT2D eigenvalue weighted by atomic mass is 9.88. The Morgan fingerprint density at radius 2 is 2.05 bits per heavy atom. The molecule has 5 nitrogen and oxygen atoms in total. The molecule has 1 fully saturated rings. The summed E-state index contributed by atoms with van der Waals surface area (Å²) in [5.41, 5.74) is 3.08. The van der Waals surface area contributed by atoms with Crippen molar-refractivity contribution in [2.45, 2.75) is 38.6 Å². The molecule has 2 aromatic rings. The van der Waals surface area contributed by atoms with Crippen LogP contribution in [0.4, 0.5) is 0 Å². The van der Waals surface area contributed by atoms with Crippen molar-refractivity contribution in [2.75, 3.05) is 0 Å². The summed E-state index contributed by atoms with van der Waals surface area (Å²) in [6, 6.07) is 2.06. The first kappa shape index (κ1) is 14.8. The first-order valence-electron chi connectivity index (χ1n) is 7.93. The van der Waals surface area contributed by atoms with E-state index in [1.165, 1.54) is 19.3 Å². The Morgan fingerprint density at radius 1 is 1.23 bits per heavy atom. The molecule has 0 saturated heterocycles. The van der Waals surface area contributed by atoms with E-state index in [1.54, 1.807) is 10.9 Å². The Labute approximate surface area is 130 Å². The molecule has 1 aliphatic carbocycles. The number of hydrogen-bond acceptors (Lipinski definition) is 3. The van der Waals surface area contributed by atoms with E-state index in [-0.39, 0.29) is 11.8 Å². The van der Waals surface area contributed by atoms with Gasteiger partial charge in [-0.1, -0.05) is 19.3 Å². The standard InChI is InChI=1S/C17H22N4O/c1-21-12-16(11-20-21)15-7-13(8-18-10-15)9-19-17(22)14-5-3-2-4-6-14/h7-8,10-12,14H,2-6,9H2,1H3,(H,19,22). The van der Waals surface area contributed by atoms with E-state index < -0.39 is 0 Å². The van der Waals surface area contributed by atoms with E-state index in [1.807, 2.05) is 25.6 Å². The van der Waals surface area contributed by atoms with Crippen molar-refractivity contribution in [3.05, 3.63) is 36.4 Å². The van der Waals surface area contributed by atoms with Crippen molar-refractivity contribution in [1.29, 1.82) is 0 Å². The lowest BCUT2D eigenvalue weighted by molar-refractivity contribution is -0.126. The predicted octanol–water partition coefficient (Wildman–Crippen LogP) is 2.68. The molecular weight excluding hydrogens is 276 g/mol. The zero-order valence-corrected chi connectivity index (χ0v) is 13.0. The van der Waals surface area contributed by atoms with Gasteiger partial charge in [0.1, 0.15) is 0 Å². The van der Waals surface area contributed by atoms with Gasteiger partial charge >= 0.3 is 0 Å². The average molecular weight is 298 g/mol. The third-order valence-corrected chi connectivity index (χ3v) is 4.28. The van der Waals surface area contributed by atoms with Crippen LogP contribution in [0.3, 0.4) is 0 Å². The van der Waals surface area contributed by atoms with Crippen LogP contribution in [0, 0.1) is 5.92 Å². The molecular formula is C17H22N4O. The molecule has 2 heterocycles. The van der Waals surface area contributed by atoms with Crippen LogP contribution >= 0.6 is 0 Å². The number of carbonyl (C=O) groups excluding carboxylic acids is 1. The second kappa shape index (κ2) is 6.73. The maximum absolute atomic E-state index is 12.2. The number of carbonyl (C=O) groups is 1. The number of nitrogens with one attached hydrogen (secondary N) is 1. The van der Waals surface area contributed by atoms with Crippen LogP contribution in [-0.4, -0.2) is 20.7 Å². The number of aryl methyl sites for hydroxylation is 1. The molecule has 116 valence electrons. The fraction of sp³-hybridized carbons (Fsp3) is 0.471. The number of amides is 1. The molecule has 0 aliphatic heterocycles. The average Bonchev–Trinajstić information content (AvgIpc) is 3.00. The van der Waals surface area contributed by atoms with Crippen molar-refractivity contribution in [3.63, 3.8) is 0 Å². The maximum atomic E-state index is 12.2. The normalized spacial score (nSPS) is 15.7. The Kier molecular flexibility index (Phi) is 4.51. The van der Waals surface area contributed by atoms with Crippen molar-refractivity contribution >= 4 is 5.91 Å². The van der Waals surface area contributed by atoms with Crippen molar-refractivity contribution < 1.29 is 4.79 Å². The summed E-state index contributed by atoms with van der Waals surface area (Å²) in [4.78, 5) is 16.5. The molecule has 0 unspecified atom stereocenters. The molecule has 22 heavy (non-hydrogen) atoms. The zero-order valence-electron chi connectivity index (χ0n) is 13.0. The van der Waals surface area contributed by atoms with E-state index in [2.05, 4.69) is 21.5 Å². The van der Waals surface area contributed by atoms with Gasteiger partial charge in [-0.25, -0.2) is 0 Å². The summed E-state index contributed by atoms with van der Waals surface area (Å²) < 4.78 is 1.77. The van der Waals surface area contributed by atoms with Crippen LogP contribution in [-0.2, 0) is 18.4 Å². The van der Waals surface area contributed by atoms with Crippen molar-refractivity contribution in [2.24, 2.45) is 13.0 Å². The molecule has 0 spiro atoms. The maximum Gasteiger partial charge on any atom is 0.223 e. The summed E-state index contributed by atoms with van der Waals surface area (Å²) in [6.07, 6.45) is 13.1. The summed E-state index contributed by atoms with van der Waals surface area (Å²) in [7, 11) is 1.89. The fourth-order valence-electron chi connectivity index (χ4n) is 3.01. The molecule has 0 bridgehead atoms. The van der Waals surface area contributed by atoms with Crippen LogP contribution in [0.1, 0.15) is 37.7 Å². The van der Waals surface area contributed by atoms with Gasteiger partial charge in [-0.05, 0) is 24.5 Å². The lowest BCUT2D eigenvalue weighted by Gasteiger charge is -2.20. The van der Waals surface area contributed by atoms with Gasteiger partial charge in [0.25, 0.3) is 0 Å². The monoisotopic (exact) mass is 298 g/mol. The van der Waals surface area contributed by atoms with Gasteiger partial charge in [0, 0.05) is 49.2 Å². The van der Waals surface area contributed by atoms with Crippen LogP contribution in [0.2, 0.25) is 0 Å². The number of nitrogens with zero attached hydrogens (tertiary/aromatic N) is 3. The Hall–Kier alpha value is -2.17. The Balaban J connectivity index is 1.62. The number of aromatic nitrogens is 3. The predicted molar refractivity (Wildman–Crippen MR) is 84.9 cm³/mol. The molecule has 1 saturated carbocycles. The van der Waals surface area contributed by atoms with Crippen LogP contribution in [0.5, 0.6) is 0 Å². The second-order valence-electron chi connectivity index (χ2n) is 6.04. The molecule has 5 heteroatoms. The largest absolute Gasteiger partial charge is 0.352 e. The first-order chi connectivity index (χ1) is 10.7. The third-order valence-electron chi connectivity index (χ3n) is 4.28. The van der Waals surface area contributed by atoms with Crippen LogP contribution in [0.15, 0.2) is 30.9 Å². The van der Waals surface area contributed by atoms with E-state index in [4.69, 9.17) is 0 Å². The Bertz CT molecular complexity index is 644. The van der Waals surface area contributed by atoms with Gasteiger partial charge in [-0.3, -0.25) is 14.5 Å². The van der Waals surface area contributed by atoms with E-state index in [0.717, 1.165) is 29.5 Å². The van der Waals surface area contributed by atoms with E-state index in [0.29, 0.717) is 6.54 Å². The summed E-state index contributed by atoms with van der Waals surface area (Å²) >= 11 is 0. The highest BCUT2D eigenvalue weighted by Gasteiger charge is 2.20. The lowest BCUT2D eigenvalue weighted by Crippen LogP contribution is -2.31. The number of pyridine rings is 1. The third kappa shape index (κ3) is 3.53. The molecule has 0 radical (unpaired) electrons. The summed E-state index contributed by atoms with van der Waals surface area (Å²) in [5.74, 6) is 0.384. The van der Waals surface area contributed by atoms with Gasteiger partial charge in [0.15, 0.2) is 0 Å². The minimum atomic E-state index is 0.187. The molecule has 3 rings (SSSR count). The van der Waals surface area contributed by atoms with Gasteiger partial charge in [-0.15, -0.1) is 0 Å². The zero-order chi connectivity index (χ0) is 15.4. The van der Waals surface area contributed by atoms with Crippen LogP contribution in [0.25, 0.3) is 11.1 Å². The van der Waals surface area contributed by atoms with Gasteiger partial charge < -0.3 is 5.32 Å². The van der Waals surface area contributed by atoms with E-state index >= 15 is 0 Å². The smallest absolute Gasteiger partial charge is 0.223 e. The minimum absolute atomic E-state index is 0.187. The second-order valence-corrected chi connectivity index (χ2v) is 6.04. The topological polar surface area (TPSA) is 59.8 Å². The molecule has 1 aliphatic rings. The fourth-order valence-corrected chi connectivity index (χ4v) is 3.01. The molecule has 2 aromatic heterocycles. The summed E-state index contributed by atoms with van der Waals surface area (Å²) in [6.45, 7) is 0.538. The first-order valence-corrected chi connectivity index (χ1v) is 7.93. The van der Waals surface area contributed by atoms with Crippen molar-refractivity contribution in [3.8, 4) is 11.1 Å². The quantitative estimate of drug-likeness (QED) is 0.944. The van der Waals surface area contributed by atoms with Gasteiger partial charge in [0.05, 0.1) is 6.20 Å². The summed E-state index contributed by atoms with van der Waals surface area (Å²) in [5, 5.41) is 7.23. The van der Waals surface area contributed by atoms with Crippen molar-refractivity contribution in [1.82, 2.24) is 20.1 Å². The van der Waals surface area contributed by atoms with Gasteiger partial charge in [-0.2, -0.15) is 5.10 Å². The number of hydrogen-bond donors (Lipinski definition) is 1. The van der Waals surface area contributed by atoms with Gasteiger partial charge in [0.2, 0.25) is 5.91 Å². The minimum Gasteiger partial charge on any atom is -0.352 e. The van der Waals surface area contributed by atoms with Crippen LogP contribution < -0.4 is 5.32 Å². The highest BCUT2D eigenvalue weighted by Crippen LogP contribution is 2.24. The molecule has 1 amide bonds. The van der Waals surface area contributed by atoms with E-state index in [9.17, 15) is 4.79 Å². The molecule has 1 N–H and O–H groups in total. The highest BCUT2D eigenvalue weighted by atomic mass is 16.1. The molecule has 0 aromatic carbocycles.